The number of aryl methyl sites for hydroxylation is 1. The Hall–Kier alpha value is -1.57. The fraction of sp³-hybridized carbons (Fsp3) is 0.182. The van der Waals surface area contributed by atoms with Gasteiger partial charge in [-0.25, -0.2) is 4.79 Å². The van der Waals surface area contributed by atoms with Crippen LogP contribution >= 0.6 is 0 Å². The predicted octanol–water partition coefficient (Wildman–Crippen LogP) is 2.42. The number of ether oxygens (including phenoxy) is 1. The van der Waals surface area contributed by atoms with Crippen LogP contribution in [0.2, 0.25) is 0 Å². The van der Waals surface area contributed by atoms with Crippen molar-refractivity contribution in [3.8, 4) is 0 Å². The molecule has 2 heteroatoms. The van der Waals surface area contributed by atoms with Crippen molar-refractivity contribution in [1.82, 2.24) is 0 Å². The number of methoxy groups -OCH3 is 1. The predicted molar refractivity (Wildman–Crippen MR) is 52.6 cm³/mol. The quantitative estimate of drug-likeness (QED) is 0.647. The summed E-state index contributed by atoms with van der Waals surface area (Å²) < 4.78 is 4.67. The molecule has 0 saturated heterocycles. The van der Waals surface area contributed by atoms with Crippen LogP contribution in [-0.2, 0) is 4.74 Å². The lowest BCUT2D eigenvalue weighted by Crippen LogP contribution is -2.05. The molecule has 0 radical (unpaired) electrons. The SMILES string of the molecule is C=Cc1cccc(C)c1C(=O)OC. The van der Waals surface area contributed by atoms with Crippen molar-refractivity contribution in [2.45, 2.75) is 6.92 Å². The lowest BCUT2D eigenvalue weighted by molar-refractivity contribution is 0.0599. The van der Waals surface area contributed by atoms with Crippen LogP contribution in [0, 0.1) is 6.92 Å². The monoisotopic (exact) mass is 176 g/mol. The molecule has 1 rings (SSSR count). The standard InChI is InChI=1S/C11H12O2/c1-4-9-7-5-6-8(2)10(9)11(12)13-3/h4-7H,1H2,2-3H3. The zero-order chi connectivity index (χ0) is 9.84. The molecule has 0 fully saturated rings. The third-order valence-corrected chi connectivity index (χ3v) is 1.91. The van der Waals surface area contributed by atoms with E-state index in [1.165, 1.54) is 7.11 Å². The number of hydrogen-bond donors (Lipinski definition) is 0. The maximum Gasteiger partial charge on any atom is 0.338 e. The summed E-state index contributed by atoms with van der Waals surface area (Å²) in [5.74, 6) is -0.312. The summed E-state index contributed by atoms with van der Waals surface area (Å²) in [6.07, 6.45) is 1.65. The maximum absolute atomic E-state index is 11.3. The minimum absolute atomic E-state index is 0.312. The number of carbonyl (C=O) groups excluding carboxylic acids is 1. The normalized spacial score (nSPS) is 9.38. The molecule has 1 aromatic carbocycles. The fourth-order valence-electron chi connectivity index (χ4n) is 1.24. The van der Waals surface area contributed by atoms with Crippen molar-refractivity contribution in [3.05, 3.63) is 41.5 Å². The first-order valence-corrected chi connectivity index (χ1v) is 4.01. The third-order valence-electron chi connectivity index (χ3n) is 1.91. The van der Waals surface area contributed by atoms with Crippen LogP contribution in [0.1, 0.15) is 21.5 Å². The van der Waals surface area contributed by atoms with Gasteiger partial charge in [0.25, 0.3) is 0 Å². The second kappa shape index (κ2) is 3.90. The molecule has 0 spiro atoms. The smallest absolute Gasteiger partial charge is 0.338 e. The van der Waals surface area contributed by atoms with Gasteiger partial charge in [0.15, 0.2) is 0 Å². The minimum atomic E-state index is -0.312. The van der Waals surface area contributed by atoms with Crippen molar-refractivity contribution in [1.29, 1.82) is 0 Å². The summed E-state index contributed by atoms with van der Waals surface area (Å²) in [7, 11) is 1.38. The molecule has 0 aliphatic heterocycles. The highest BCUT2D eigenvalue weighted by Crippen LogP contribution is 2.16. The van der Waals surface area contributed by atoms with Crippen LogP contribution in [-0.4, -0.2) is 13.1 Å². The Morgan fingerprint density at radius 3 is 2.77 bits per heavy atom. The van der Waals surface area contributed by atoms with Gasteiger partial charge in [-0.1, -0.05) is 30.9 Å². The van der Waals surface area contributed by atoms with Gasteiger partial charge in [0.1, 0.15) is 0 Å². The van der Waals surface area contributed by atoms with Gasteiger partial charge in [0.05, 0.1) is 12.7 Å². The summed E-state index contributed by atoms with van der Waals surface area (Å²) >= 11 is 0. The second-order valence-corrected chi connectivity index (χ2v) is 2.73. The number of rotatable bonds is 2. The van der Waals surface area contributed by atoms with Crippen molar-refractivity contribution in [3.63, 3.8) is 0 Å². The van der Waals surface area contributed by atoms with Gasteiger partial charge >= 0.3 is 5.97 Å². The Kier molecular flexibility index (Phi) is 2.85. The van der Waals surface area contributed by atoms with Gasteiger partial charge in [-0.15, -0.1) is 0 Å². The molecule has 0 amide bonds. The molecule has 0 atom stereocenters. The molecule has 0 aliphatic carbocycles. The highest BCUT2D eigenvalue weighted by atomic mass is 16.5. The minimum Gasteiger partial charge on any atom is -0.465 e. The summed E-state index contributed by atoms with van der Waals surface area (Å²) in [4.78, 5) is 11.3. The summed E-state index contributed by atoms with van der Waals surface area (Å²) in [5, 5.41) is 0. The average Bonchev–Trinajstić information content (AvgIpc) is 2.16. The molecule has 1 aromatic rings. The first kappa shape index (κ1) is 9.52. The zero-order valence-corrected chi connectivity index (χ0v) is 7.83. The van der Waals surface area contributed by atoms with Gasteiger partial charge in [0, 0.05) is 0 Å². The Balaban J connectivity index is 3.30. The van der Waals surface area contributed by atoms with Crippen molar-refractivity contribution in [2.24, 2.45) is 0 Å². The largest absolute Gasteiger partial charge is 0.465 e. The van der Waals surface area contributed by atoms with Gasteiger partial charge in [-0.05, 0) is 18.1 Å². The van der Waals surface area contributed by atoms with Crippen LogP contribution in [0.5, 0.6) is 0 Å². The molecular weight excluding hydrogens is 164 g/mol. The fourth-order valence-corrected chi connectivity index (χ4v) is 1.24. The van der Waals surface area contributed by atoms with E-state index in [0.717, 1.165) is 11.1 Å². The van der Waals surface area contributed by atoms with Crippen molar-refractivity contribution < 1.29 is 9.53 Å². The highest BCUT2D eigenvalue weighted by Gasteiger charge is 2.11. The van der Waals surface area contributed by atoms with E-state index in [9.17, 15) is 4.79 Å². The molecule has 2 nitrogen and oxygen atoms in total. The molecule has 0 heterocycles. The van der Waals surface area contributed by atoms with Gasteiger partial charge in [0.2, 0.25) is 0 Å². The van der Waals surface area contributed by atoms with Gasteiger partial charge < -0.3 is 4.74 Å². The number of esters is 1. The molecule has 0 aliphatic rings. The van der Waals surface area contributed by atoms with Crippen LogP contribution in [0.3, 0.4) is 0 Å². The van der Waals surface area contributed by atoms with Crippen LogP contribution in [0.25, 0.3) is 6.08 Å². The lowest BCUT2D eigenvalue weighted by Gasteiger charge is -2.06. The zero-order valence-electron chi connectivity index (χ0n) is 7.83. The van der Waals surface area contributed by atoms with Crippen LogP contribution < -0.4 is 0 Å². The van der Waals surface area contributed by atoms with Crippen LogP contribution in [0.15, 0.2) is 24.8 Å². The molecular formula is C11H12O2. The van der Waals surface area contributed by atoms with E-state index in [1.807, 2.05) is 25.1 Å². The van der Waals surface area contributed by atoms with Crippen molar-refractivity contribution >= 4 is 12.0 Å². The van der Waals surface area contributed by atoms with E-state index in [1.54, 1.807) is 6.08 Å². The van der Waals surface area contributed by atoms with Crippen LogP contribution in [0.4, 0.5) is 0 Å². The topological polar surface area (TPSA) is 26.3 Å². The van der Waals surface area contributed by atoms with E-state index >= 15 is 0 Å². The summed E-state index contributed by atoms with van der Waals surface area (Å²) in [6, 6.07) is 5.60. The number of benzene rings is 1. The third kappa shape index (κ3) is 1.78. The molecule has 0 saturated carbocycles. The van der Waals surface area contributed by atoms with E-state index < -0.39 is 0 Å². The average molecular weight is 176 g/mol. The van der Waals surface area contributed by atoms with E-state index in [-0.39, 0.29) is 5.97 Å². The molecule has 0 aromatic heterocycles. The number of hydrogen-bond acceptors (Lipinski definition) is 2. The summed E-state index contributed by atoms with van der Waals surface area (Å²) in [6.45, 7) is 5.52. The maximum atomic E-state index is 11.3. The first-order chi connectivity index (χ1) is 6.20. The first-order valence-electron chi connectivity index (χ1n) is 4.01. The Morgan fingerprint density at radius 2 is 2.23 bits per heavy atom. The van der Waals surface area contributed by atoms with Crippen molar-refractivity contribution in [2.75, 3.05) is 7.11 Å². The molecule has 0 bridgehead atoms. The summed E-state index contributed by atoms with van der Waals surface area (Å²) in [5.41, 5.74) is 2.32. The second-order valence-electron chi connectivity index (χ2n) is 2.73. The van der Waals surface area contributed by atoms with E-state index in [2.05, 4.69) is 11.3 Å². The molecule has 13 heavy (non-hydrogen) atoms. The van der Waals surface area contributed by atoms with E-state index in [4.69, 9.17) is 0 Å². The Morgan fingerprint density at radius 1 is 1.54 bits per heavy atom. The molecule has 0 unspecified atom stereocenters. The molecule has 0 N–H and O–H groups in total. The molecule has 68 valence electrons. The lowest BCUT2D eigenvalue weighted by atomic mass is 10.0. The Labute approximate surface area is 77.8 Å². The Bertz CT molecular complexity index is 340. The highest BCUT2D eigenvalue weighted by molar-refractivity contribution is 5.95. The van der Waals surface area contributed by atoms with Gasteiger partial charge in [-0.2, -0.15) is 0 Å². The van der Waals surface area contributed by atoms with E-state index in [0.29, 0.717) is 5.56 Å². The number of carbonyl (C=O) groups is 1. The van der Waals surface area contributed by atoms with Gasteiger partial charge in [-0.3, -0.25) is 0 Å².